The lowest BCUT2D eigenvalue weighted by molar-refractivity contribution is 0.305. The van der Waals surface area contributed by atoms with Crippen LogP contribution in [0.25, 0.3) is 0 Å². The van der Waals surface area contributed by atoms with Crippen molar-refractivity contribution in [2.75, 3.05) is 11.1 Å². The molecule has 1 heterocycles. The molecule has 0 bridgehead atoms. The number of para-hydroxylation sites is 2. The molecule has 0 aliphatic heterocycles. The van der Waals surface area contributed by atoms with E-state index in [0.29, 0.717) is 23.9 Å². The minimum Gasteiger partial charge on any atom is -0.483 e. The Morgan fingerprint density at radius 2 is 1.88 bits per heavy atom. The number of halogens is 1. The second kappa shape index (κ2) is 7.19. The SMILES string of the molecule is Cc1ccc(COc2cnc(Cl)nc2Nc2ccccc2N)cc1. The molecule has 6 heteroatoms. The van der Waals surface area contributed by atoms with Gasteiger partial charge in [-0.3, -0.25) is 0 Å². The molecule has 0 aliphatic rings. The summed E-state index contributed by atoms with van der Waals surface area (Å²) in [6.07, 6.45) is 1.55. The van der Waals surface area contributed by atoms with E-state index in [1.807, 2.05) is 49.4 Å². The van der Waals surface area contributed by atoms with Gasteiger partial charge < -0.3 is 15.8 Å². The number of hydrogen-bond donors (Lipinski definition) is 2. The number of hydrogen-bond acceptors (Lipinski definition) is 5. The molecule has 0 spiro atoms. The van der Waals surface area contributed by atoms with Crippen LogP contribution in [0.5, 0.6) is 5.75 Å². The number of anilines is 3. The van der Waals surface area contributed by atoms with E-state index in [1.54, 1.807) is 12.3 Å². The van der Waals surface area contributed by atoms with Gasteiger partial charge in [-0.2, -0.15) is 4.98 Å². The molecule has 0 saturated heterocycles. The molecule has 0 radical (unpaired) electrons. The smallest absolute Gasteiger partial charge is 0.224 e. The van der Waals surface area contributed by atoms with E-state index < -0.39 is 0 Å². The van der Waals surface area contributed by atoms with Crippen LogP contribution in [0.1, 0.15) is 11.1 Å². The van der Waals surface area contributed by atoms with Crippen molar-refractivity contribution in [2.24, 2.45) is 0 Å². The Bertz CT molecular complexity index is 837. The summed E-state index contributed by atoms with van der Waals surface area (Å²) in [5.74, 6) is 0.975. The van der Waals surface area contributed by atoms with E-state index in [0.717, 1.165) is 11.3 Å². The quantitative estimate of drug-likeness (QED) is 0.534. The van der Waals surface area contributed by atoms with Gasteiger partial charge in [0, 0.05) is 0 Å². The van der Waals surface area contributed by atoms with Crippen LogP contribution in [0.15, 0.2) is 54.7 Å². The van der Waals surface area contributed by atoms with E-state index in [4.69, 9.17) is 22.1 Å². The maximum atomic E-state index is 5.96. The Labute approximate surface area is 145 Å². The number of ether oxygens (including phenoxy) is 1. The summed E-state index contributed by atoms with van der Waals surface area (Å²) >= 11 is 5.91. The fourth-order valence-electron chi connectivity index (χ4n) is 2.13. The predicted molar refractivity (Wildman–Crippen MR) is 96.7 cm³/mol. The molecular weight excluding hydrogens is 324 g/mol. The Morgan fingerprint density at radius 3 is 2.62 bits per heavy atom. The van der Waals surface area contributed by atoms with Crippen LogP contribution in [-0.4, -0.2) is 9.97 Å². The van der Waals surface area contributed by atoms with Gasteiger partial charge >= 0.3 is 0 Å². The Balaban J connectivity index is 1.80. The zero-order valence-electron chi connectivity index (χ0n) is 13.2. The second-order valence-electron chi connectivity index (χ2n) is 5.34. The first kappa shape index (κ1) is 16.1. The van der Waals surface area contributed by atoms with Crippen molar-refractivity contribution in [2.45, 2.75) is 13.5 Å². The van der Waals surface area contributed by atoms with Crippen LogP contribution in [0.4, 0.5) is 17.2 Å². The Hall–Kier alpha value is -2.79. The van der Waals surface area contributed by atoms with Gasteiger partial charge in [0.2, 0.25) is 5.28 Å². The number of rotatable bonds is 5. The number of aryl methyl sites for hydroxylation is 1. The van der Waals surface area contributed by atoms with E-state index in [1.165, 1.54) is 5.56 Å². The van der Waals surface area contributed by atoms with Crippen molar-refractivity contribution >= 4 is 28.8 Å². The predicted octanol–water partition coefficient (Wildman–Crippen LogP) is 4.34. The van der Waals surface area contributed by atoms with Gasteiger partial charge in [-0.1, -0.05) is 42.0 Å². The maximum absolute atomic E-state index is 5.96. The van der Waals surface area contributed by atoms with Crippen molar-refractivity contribution in [1.82, 2.24) is 9.97 Å². The average molecular weight is 341 g/mol. The molecule has 3 aromatic rings. The highest BCUT2D eigenvalue weighted by molar-refractivity contribution is 6.28. The van der Waals surface area contributed by atoms with Gasteiger partial charge in [-0.25, -0.2) is 4.98 Å². The summed E-state index contributed by atoms with van der Waals surface area (Å²) in [5, 5.41) is 3.28. The van der Waals surface area contributed by atoms with Crippen molar-refractivity contribution in [3.63, 3.8) is 0 Å². The normalized spacial score (nSPS) is 10.4. The van der Waals surface area contributed by atoms with Gasteiger partial charge in [0.1, 0.15) is 6.61 Å². The molecule has 0 aliphatic carbocycles. The summed E-state index contributed by atoms with van der Waals surface area (Å²) in [7, 11) is 0. The third-order valence-corrected chi connectivity index (χ3v) is 3.64. The van der Waals surface area contributed by atoms with Crippen LogP contribution >= 0.6 is 11.6 Å². The van der Waals surface area contributed by atoms with Gasteiger partial charge in [0.25, 0.3) is 0 Å². The van der Waals surface area contributed by atoms with E-state index in [9.17, 15) is 0 Å². The number of nitrogens with two attached hydrogens (primary N) is 1. The van der Waals surface area contributed by atoms with Crippen LogP contribution < -0.4 is 15.8 Å². The van der Waals surface area contributed by atoms with Gasteiger partial charge in [0.05, 0.1) is 17.6 Å². The first-order valence-corrected chi connectivity index (χ1v) is 7.82. The third-order valence-electron chi connectivity index (χ3n) is 3.45. The summed E-state index contributed by atoms with van der Waals surface area (Å²) in [6, 6.07) is 15.5. The summed E-state index contributed by atoms with van der Waals surface area (Å²) in [6.45, 7) is 2.45. The molecule has 3 N–H and O–H groups in total. The molecule has 0 fully saturated rings. The van der Waals surface area contributed by atoms with E-state index in [-0.39, 0.29) is 5.28 Å². The molecule has 0 unspecified atom stereocenters. The number of nitrogens with one attached hydrogen (secondary N) is 1. The molecule has 0 atom stereocenters. The van der Waals surface area contributed by atoms with Crippen LogP contribution in [-0.2, 0) is 6.61 Å². The fraction of sp³-hybridized carbons (Fsp3) is 0.111. The molecule has 122 valence electrons. The molecule has 1 aromatic heterocycles. The lowest BCUT2D eigenvalue weighted by Crippen LogP contribution is -2.04. The standard InChI is InChI=1S/C18H17ClN4O/c1-12-6-8-13(9-7-12)11-24-16-10-21-18(19)23-17(16)22-15-5-3-2-4-14(15)20/h2-10H,11,20H2,1H3,(H,21,22,23). The van der Waals surface area contributed by atoms with Crippen molar-refractivity contribution < 1.29 is 4.74 Å². The van der Waals surface area contributed by atoms with Gasteiger partial charge in [-0.05, 0) is 36.2 Å². The molecule has 3 rings (SSSR count). The molecule has 0 saturated carbocycles. The zero-order valence-corrected chi connectivity index (χ0v) is 13.9. The summed E-state index contributed by atoms with van der Waals surface area (Å²) < 4.78 is 5.84. The van der Waals surface area contributed by atoms with Crippen molar-refractivity contribution in [1.29, 1.82) is 0 Å². The molecule has 2 aromatic carbocycles. The topological polar surface area (TPSA) is 73.1 Å². The highest BCUT2D eigenvalue weighted by Gasteiger charge is 2.10. The molecule has 24 heavy (non-hydrogen) atoms. The van der Waals surface area contributed by atoms with Crippen molar-refractivity contribution in [3.05, 3.63) is 71.1 Å². The number of nitrogens with zero attached hydrogens (tertiary/aromatic N) is 2. The molecular formula is C18H17ClN4O. The summed E-state index contributed by atoms with van der Waals surface area (Å²) in [5.41, 5.74) is 9.55. The van der Waals surface area contributed by atoms with Crippen LogP contribution in [0.3, 0.4) is 0 Å². The zero-order chi connectivity index (χ0) is 16.9. The number of nitrogen functional groups attached to an aromatic ring is 1. The van der Waals surface area contributed by atoms with Crippen LogP contribution in [0, 0.1) is 6.92 Å². The maximum Gasteiger partial charge on any atom is 0.224 e. The van der Waals surface area contributed by atoms with E-state index >= 15 is 0 Å². The molecule has 0 amide bonds. The minimum absolute atomic E-state index is 0.134. The third kappa shape index (κ3) is 3.94. The van der Waals surface area contributed by atoms with Gasteiger partial charge in [0.15, 0.2) is 11.6 Å². The average Bonchev–Trinajstić information content (AvgIpc) is 2.58. The monoisotopic (exact) mass is 340 g/mol. The summed E-state index contributed by atoms with van der Waals surface area (Å²) in [4.78, 5) is 8.19. The van der Waals surface area contributed by atoms with Crippen molar-refractivity contribution in [3.8, 4) is 5.75 Å². The minimum atomic E-state index is 0.134. The first-order chi connectivity index (χ1) is 11.6. The highest BCUT2D eigenvalue weighted by Crippen LogP contribution is 2.29. The molecule has 5 nitrogen and oxygen atoms in total. The van der Waals surface area contributed by atoms with Gasteiger partial charge in [-0.15, -0.1) is 0 Å². The lowest BCUT2D eigenvalue weighted by atomic mass is 10.2. The number of aromatic nitrogens is 2. The second-order valence-corrected chi connectivity index (χ2v) is 5.68. The highest BCUT2D eigenvalue weighted by atomic mass is 35.5. The fourth-order valence-corrected chi connectivity index (χ4v) is 2.26. The first-order valence-electron chi connectivity index (χ1n) is 7.44. The largest absolute Gasteiger partial charge is 0.483 e. The number of benzene rings is 2. The Morgan fingerprint density at radius 1 is 1.12 bits per heavy atom. The van der Waals surface area contributed by atoms with E-state index in [2.05, 4.69) is 15.3 Å². The Kier molecular flexibility index (Phi) is 4.82. The van der Waals surface area contributed by atoms with Crippen LogP contribution in [0.2, 0.25) is 5.28 Å². The lowest BCUT2D eigenvalue weighted by Gasteiger charge is -2.13.